The van der Waals surface area contributed by atoms with E-state index in [-0.39, 0.29) is 11.3 Å². The molecular formula is C27H34N2O6S. The largest absolute Gasteiger partial charge is 0.463 e. The number of aromatic nitrogens is 1. The molecule has 0 bridgehead atoms. The number of alkyl carbamates (subject to hydrolysis) is 1. The van der Waals surface area contributed by atoms with Gasteiger partial charge in [-0.3, -0.25) is 4.79 Å². The van der Waals surface area contributed by atoms with E-state index in [1.807, 2.05) is 26.2 Å². The van der Waals surface area contributed by atoms with Crippen LogP contribution < -0.4 is 15.5 Å². The number of thiazole rings is 1. The Balaban J connectivity index is 1.96. The Kier molecular flexibility index (Phi) is 8.55. The monoisotopic (exact) mass is 514 g/mol. The number of hydrogen-bond donors (Lipinski definition) is 1. The first-order valence-electron chi connectivity index (χ1n) is 12.1. The second-order valence-electron chi connectivity index (χ2n) is 10.1. The van der Waals surface area contributed by atoms with Crippen molar-refractivity contribution in [2.45, 2.75) is 79.4 Å². The number of rotatable bonds is 8. The molecule has 0 aliphatic rings. The molecule has 1 N–H and O–H groups in total. The summed E-state index contributed by atoms with van der Waals surface area (Å²) in [5.41, 5.74) is 1.10. The van der Waals surface area contributed by atoms with Gasteiger partial charge in [-0.25, -0.2) is 14.6 Å². The van der Waals surface area contributed by atoms with E-state index in [1.54, 1.807) is 32.9 Å². The predicted octanol–water partition coefficient (Wildman–Crippen LogP) is 6.02. The van der Waals surface area contributed by atoms with Crippen LogP contribution in [-0.2, 0) is 16.0 Å². The molecule has 1 atom stereocenters. The zero-order valence-electron chi connectivity index (χ0n) is 21.9. The van der Waals surface area contributed by atoms with E-state index in [0.29, 0.717) is 34.4 Å². The predicted molar refractivity (Wildman–Crippen MR) is 141 cm³/mol. The average molecular weight is 515 g/mol. The lowest BCUT2D eigenvalue weighted by Gasteiger charge is -2.25. The van der Waals surface area contributed by atoms with E-state index < -0.39 is 23.7 Å². The third kappa shape index (κ3) is 6.72. The van der Waals surface area contributed by atoms with E-state index in [9.17, 15) is 14.4 Å². The molecular weight excluding hydrogens is 480 g/mol. The highest BCUT2D eigenvalue weighted by molar-refractivity contribution is 7.09. The van der Waals surface area contributed by atoms with Crippen LogP contribution >= 0.6 is 11.3 Å². The molecule has 8 nitrogen and oxygen atoms in total. The van der Waals surface area contributed by atoms with Crippen molar-refractivity contribution in [2.75, 3.05) is 0 Å². The number of carbonyl (C=O) groups is 2. The SMILES string of the molecule is CCCCc1cc2c(=O)c(-c3csc(C)n3)coc2cc1OC(=O)C(NC(=O)OC(C)(C)C)C(C)C. The second kappa shape index (κ2) is 11.2. The zero-order valence-corrected chi connectivity index (χ0v) is 22.7. The summed E-state index contributed by atoms with van der Waals surface area (Å²) < 4.78 is 16.9. The fourth-order valence-electron chi connectivity index (χ4n) is 3.63. The Morgan fingerprint density at radius 1 is 1.22 bits per heavy atom. The van der Waals surface area contributed by atoms with Gasteiger partial charge in [-0.05, 0) is 58.1 Å². The molecule has 0 aliphatic heterocycles. The van der Waals surface area contributed by atoms with Gasteiger partial charge in [0.05, 0.1) is 21.7 Å². The summed E-state index contributed by atoms with van der Waals surface area (Å²) >= 11 is 1.46. The third-order valence-corrected chi connectivity index (χ3v) is 6.23. The molecule has 9 heteroatoms. The highest BCUT2D eigenvalue weighted by Gasteiger charge is 2.29. The number of aryl methyl sites for hydroxylation is 2. The van der Waals surface area contributed by atoms with Gasteiger partial charge in [-0.1, -0.05) is 27.2 Å². The van der Waals surface area contributed by atoms with Crippen molar-refractivity contribution in [3.63, 3.8) is 0 Å². The van der Waals surface area contributed by atoms with Crippen LogP contribution in [0.3, 0.4) is 0 Å². The van der Waals surface area contributed by atoms with Crippen molar-refractivity contribution in [1.29, 1.82) is 0 Å². The van der Waals surface area contributed by atoms with Gasteiger partial charge < -0.3 is 19.2 Å². The van der Waals surface area contributed by atoms with Crippen molar-refractivity contribution in [1.82, 2.24) is 10.3 Å². The Morgan fingerprint density at radius 3 is 2.53 bits per heavy atom. The molecule has 2 aromatic heterocycles. The molecule has 0 saturated heterocycles. The quantitative estimate of drug-likeness (QED) is 0.289. The fraction of sp³-hybridized carbons (Fsp3) is 0.481. The van der Waals surface area contributed by atoms with Crippen LogP contribution in [0.4, 0.5) is 4.79 Å². The lowest BCUT2D eigenvalue weighted by atomic mass is 10.0. The molecule has 194 valence electrons. The van der Waals surface area contributed by atoms with Crippen molar-refractivity contribution < 1.29 is 23.5 Å². The minimum Gasteiger partial charge on any atom is -0.463 e. The van der Waals surface area contributed by atoms with Crippen LogP contribution in [0, 0.1) is 12.8 Å². The van der Waals surface area contributed by atoms with Crippen LogP contribution in [0.25, 0.3) is 22.2 Å². The zero-order chi connectivity index (χ0) is 26.6. The topological polar surface area (TPSA) is 108 Å². The molecule has 0 radical (unpaired) electrons. The minimum absolute atomic E-state index is 0.191. The summed E-state index contributed by atoms with van der Waals surface area (Å²) in [5, 5.41) is 5.70. The first-order chi connectivity index (χ1) is 16.9. The van der Waals surface area contributed by atoms with Gasteiger partial charge in [0.15, 0.2) is 0 Å². The smallest absolute Gasteiger partial charge is 0.408 e. The molecule has 2 heterocycles. The van der Waals surface area contributed by atoms with Crippen molar-refractivity contribution in [3.8, 4) is 17.0 Å². The number of unbranched alkanes of at least 4 members (excludes halogenated alkanes) is 1. The van der Waals surface area contributed by atoms with Crippen LogP contribution in [0.1, 0.15) is 65.0 Å². The molecule has 3 rings (SSSR count). The van der Waals surface area contributed by atoms with E-state index in [4.69, 9.17) is 13.9 Å². The Morgan fingerprint density at radius 2 is 1.94 bits per heavy atom. The number of amides is 1. The number of nitrogens with zero attached hydrogens (tertiary/aromatic N) is 1. The van der Waals surface area contributed by atoms with Gasteiger partial charge in [0.25, 0.3) is 0 Å². The van der Waals surface area contributed by atoms with E-state index in [0.717, 1.165) is 23.4 Å². The van der Waals surface area contributed by atoms with Crippen LogP contribution in [0.5, 0.6) is 5.75 Å². The van der Waals surface area contributed by atoms with Gasteiger partial charge in [0.1, 0.15) is 29.2 Å². The second-order valence-corrected chi connectivity index (χ2v) is 11.1. The number of fused-ring (bicyclic) bond motifs is 1. The molecule has 0 spiro atoms. The Bertz CT molecular complexity index is 1300. The normalized spacial score (nSPS) is 12.6. The standard InChI is InChI=1S/C27H34N2O6S/c1-8-9-10-17-11-18-22(33-13-19(24(18)30)20-14-36-16(4)28-20)12-21(17)34-25(31)23(15(2)3)29-26(32)35-27(5,6)7/h11-15,23H,8-10H2,1-7H3,(H,29,32). The van der Waals surface area contributed by atoms with Gasteiger partial charge in [0.2, 0.25) is 5.43 Å². The van der Waals surface area contributed by atoms with Gasteiger partial charge in [0, 0.05) is 11.4 Å². The molecule has 1 unspecified atom stereocenters. The summed E-state index contributed by atoms with van der Waals surface area (Å²) in [5.74, 6) is -0.561. The van der Waals surface area contributed by atoms with Crippen molar-refractivity contribution in [2.24, 2.45) is 5.92 Å². The number of nitrogens with one attached hydrogen (secondary N) is 1. The molecule has 0 fully saturated rings. The van der Waals surface area contributed by atoms with Crippen molar-refractivity contribution in [3.05, 3.63) is 44.6 Å². The highest BCUT2D eigenvalue weighted by atomic mass is 32.1. The lowest BCUT2D eigenvalue weighted by molar-refractivity contribution is -0.138. The average Bonchev–Trinajstić information content (AvgIpc) is 3.21. The number of hydrogen-bond acceptors (Lipinski definition) is 8. The van der Waals surface area contributed by atoms with Gasteiger partial charge >= 0.3 is 12.1 Å². The molecule has 1 amide bonds. The maximum Gasteiger partial charge on any atom is 0.408 e. The van der Waals surface area contributed by atoms with Gasteiger partial charge in [-0.15, -0.1) is 11.3 Å². The van der Waals surface area contributed by atoms with Crippen molar-refractivity contribution >= 4 is 34.4 Å². The van der Waals surface area contributed by atoms with E-state index >= 15 is 0 Å². The van der Waals surface area contributed by atoms with Crippen LogP contribution in [0.2, 0.25) is 0 Å². The van der Waals surface area contributed by atoms with E-state index in [2.05, 4.69) is 17.2 Å². The van der Waals surface area contributed by atoms with Gasteiger partial charge in [-0.2, -0.15) is 0 Å². The maximum atomic E-state index is 13.3. The maximum absolute atomic E-state index is 13.3. The highest BCUT2D eigenvalue weighted by Crippen LogP contribution is 2.29. The molecule has 0 aliphatic carbocycles. The number of benzene rings is 1. The fourth-order valence-corrected chi connectivity index (χ4v) is 4.24. The number of ether oxygens (including phenoxy) is 2. The number of esters is 1. The summed E-state index contributed by atoms with van der Waals surface area (Å²) in [6.07, 6.45) is 3.07. The lowest BCUT2D eigenvalue weighted by Crippen LogP contribution is -2.48. The van der Waals surface area contributed by atoms with Crippen LogP contribution in [0.15, 0.2) is 33.0 Å². The summed E-state index contributed by atoms with van der Waals surface area (Å²) in [7, 11) is 0. The first kappa shape index (κ1) is 27.4. The van der Waals surface area contributed by atoms with E-state index in [1.165, 1.54) is 17.6 Å². The molecule has 1 aromatic carbocycles. The molecule has 36 heavy (non-hydrogen) atoms. The summed E-state index contributed by atoms with van der Waals surface area (Å²) in [4.78, 5) is 43.1. The Hall–Kier alpha value is -3.20. The minimum atomic E-state index is -0.920. The summed E-state index contributed by atoms with van der Waals surface area (Å²) in [6, 6.07) is 2.38. The molecule has 0 saturated carbocycles. The Labute approximate surface area is 215 Å². The first-order valence-corrected chi connectivity index (χ1v) is 13.0. The third-order valence-electron chi connectivity index (χ3n) is 5.45. The summed E-state index contributed by atoms with van der Waals surface area (Å²) in [6.45, 7) is 12.8. The van der Waals surface area contributed by atoms with Crippen LogP contribution in [-0.4, -0.2) is 28.7 Å². The number of carbonyl (C=O) groups excluding carboxylic acids is 2. The molecule has 3 aromatic rings.